The van der Waals surface area contributed by atoms with Gasteiger partial charge < -0.3 is 24.5 Å². The molecule has 2 heterocycles. The number of guanidine groups is 1. The minimum atomic E-state index is 0. The summed E-state index contributed by atoms with van der Waals surface area (Å²) in [7, 11) is 0. The zero-order valence-electron chi connectivity index (χ0n) is 14.5. The van der Waals surface area contributed by atoms with Gasteiger partial charge in [-0.05, 0) is 44.2 Å². The highest BCUT2D eigenvalue weighted by Crippen LogP contribution is 2.14. The highest BCUT2D eigenvalue weighted by atomic mass is 127. The van der Waals surface area contributed by atoms with Crippen LogP contribution < -0.4 is 10.6 Å². The van der Waals surface area contributed by atoms with Crippen molar-refractivity contribution in [2.24, 2.45) is 10.9 Å². The third-order valence-corrected chi connectivity index (χ3v) is 3.77. The predicted octanol–water partition coefficient (Wildman–Crippen LogP) is 2.79. The molecular weight excluding hydrogens is 421 g/mol. The van der Waals surface area contributed by atoms with E-state index < -0.39 is 0 Å². The molecule has 1 aliphatic heterocycles. The maximum absolute atomic E-state index is 5.76. The third kappa shape index (κ3) is 8.89. The highest BCUT2D eigenvalue weighted by Gasteiger charge is 2.13. The van der Waals surface area contributed by atoms with Gasteiger partial charge in [0, 0.05) is 39.5 Å². The largest absolute Gasteiger partial charge is 0.467 e. The molecule has 0 radical (unpaired) electrons. The smallest absolute Gasteiger partial charge is 0.191 e. The fourth-order valence-electron chi connectivity index (χ4n) is 2.45. The molecule has 1 aromatic rings. The van der Waals surface area contributed by atoms with Crippen LogP contribution in [-0.4, -0.2) is 45.5 Å². The fraction of sp³-hybridized carbons (Fsp3) is 0.706. The average Bonchev–Trinajstić information content (AvgIpc) is 3.10. The van der Waals surface area contributed by atoms with Crippen LogP contribution in [0.3, 0.4) is 0 Å². The Morgan fingerprint density at radius 1 is 1.33 bits per heavy atom. The van der Waals surface area contributed by atoms with Crippen molar-refractivity contribution in [3.8, 4) is 0 Å². The number of nitrogens with one attached hydrogen (secondary N) is 2. The second-order valence-electron chi connectivity index (χ2n) is 5.69. The second-order valence-corrected chi connectivity index (χ2v) is 5.69. The molecule has 0 atom stereocenters. The molecule has 0 aromatic carbocycles. The lowest BCUT2D eigenvalue weighted by atomic mass is 10.0. The summed E-state index contributed by atoms with van der Waals surface area (Å²) in [4.78, 5) is 4.49. The van der Waals surface area contributed by atoms with Gasteiger partial charge in [-0.3, -0.25) is 0 Å². The van der Waals surface area contributed by atoms with Gasteiger partial charge in [0.05, 0.1) is 6.26 Å². The van der Waals surface area contributed by atoms with E-state index in [2.05, 4.69) is 22.5 Å². The molecule has 0 spiro atoms. The highest BCUT2D eigenvalue weighted by molar-refractivity contribution is 14.0. The van der Waals surface area contributed by atoms with E-state index in [9.17, 15) is 0 Å². The molecule has 1 saturated heterocycles. The van der Waals surface area contributed by atoms with E-state index in [1.54, 1.807) is 6.26 Å². The Hall–Kier alpha value is -0.800. The topological polar surface area (TPSA) is 68.0 Å². The van der Waals surface area contributed by atoms with Crippen LogP contribution in [0.25, 0.3) is 0 Å². The molecule has 0 unspecified atom stereocenters. The number of ether oxygens (including phenoxy) is 2. The molecule has 0 amide bonds. The molecule has 1 fully saturated rings. The first-order chi connectivity index (χ1) is 11.4. The fourth-order valence-corrected chi connectivity index (χ4v) is 2.45. The first-order valence-corrected chi connectivity index (χ1v) is 8.58. The molecule has 0 bridgehead atoms. The summed E-state index contributed by atoms with van der Waals surface area (Å²) in [6.07, 6.45) is 4.89. The van der Waals surface area contributed by atoms with E-state index in [0.717, 1.165) is 70.5 Å². The second kappa shape index (κ2) is 13.5. The minimum Gasteiger partial charge on any atom is -0.467 e. The zero-order chi connectivity index (χ0) is 16.2. The molecule has 1 aromatic heterocycles. The van der Waals surface area contributed by atoms with Crippen LogP contribution >= 0.6 is 24.0 Å². The number of hydrogen-bond acceptors (Lipinski definition) is 4. The van der Waals surface area contributed by atoms with Crippen molar-refractivity contribution in [1.82, 2.24) is 10.6 Å². The number of halogens is 1. The molecule has 0 saturated carbocycles. The number of hydrogen-bond donors (Lipinski definition) is 2. The number of furan rings is 1. The molecule has 24 heavy (non-hydrogen) atoms. The van der Waals surface area contributed by atoms with E-state index in [4.69, 9.17) is 13.9 Å². The summed E-state index contributed by atoms with van der Waals surface area (Å²) >= 11 is 0. The Kier molecular flexibility index (Phi) is 11.9. The summed E-state index contributed by atoms with van der Waals surface area (Å²) in [5.41, 5.74) is 0. The van der Waals surface area contributed by atoms with Crippen LogP contribution in [0.5, 0.6) is 0 Å². The van der Waals surface area contributed by atoms with Crippen LogP contribution in [0.1, 0.15) is 31.9 Å². The number of nitrogens with zero attached hydrogens (tertiary/aromatic N) is 1. The van der Waals surface area contributed by atoms with Crippen molar-refractivity contribution in [1.29, 1.82) is 0 Å². The summed E-state index contributed by atoms with van der Waals surface area (Å²) in [5, 5.41) is 6.55. The van der Waals surface area contributed by atoms with Gasteiger partial charge in [-0.15, -0.1) is 24.0 Å². The van der Waals surface area contributed by atoms with Gasteiger partial charge in [-0.2, -0.15) is 0 Å². The lowest BCUT2D eigenvalue weighted by Gasteiger charge is -2.21. The van der Waals surface area contributed by atoms with Crippen LogP contribution in [0.4, 0.5) is 0 Å². The van der Waals surface area contributed by atoms with Gasteiger partial charge in [0.25, 0.3) is 0 Å². The van der Waals surface area contributed by atoms with Crippen molar-refractivity contribution in [2.45, 2.75) is 32.7 Å². The van der Waals surface area contributed by atoms with Crippen molar-refractivity contribution in [3.05, 3.63) is 24.2 Å². The first kappa shape index (κ1) is 21.2. The molecule has 1 aliphatic rings. The van der Waals surface area contributed by atoms with E-state index in [-0.39, 0.29) is 24.0 Å². The minimum absolute atomic E-state index is 0. The Balaban J connectivity index is 0.00000288. The summed E-state index contributed by atoms with van der Waals surface area (Å²) in [6.45, 7) is 7.69. The van der Waals surface area contributed by atoms with Crippen molar-refractivity contribution < 1.29 is 13.9 Å². The Labute approximate surface area is 161 Å². The Morgan fingerprint density at radius 2 is 2.17 bits per heavy atom. The van der Waals surface area contributed by atoms with E-state index in [1.807, 2.05) is 12.1 Å². The van der Waals surface area contributed by atoms with E-state index in [1.165, 1.54) is 0 Å². The van der Waals surface area contributed by atoms with Crippen LogP contribution in [-0.2, 0) is 16.0 Å². The van der Waals surface area contributed by atoms with Gasteiger partial charge in [-0.1, -0.05) is 0 Å². The van der Waals surface area contributed by atoms with Crippen LogP contribution in [0, 0.1) is 5.92 Å². The summed E-state index contributed by atoms with van der Waals surface area (Å²) in [5.74, 6) is 2.35. The summed E-state index contributed by atoms with van der Waals surface area (Å²) in [6, 6.07) is 3.80. The quantitative estimate of drug-likeness (QED) is 0.262. The first-order valence-electron chi connectivity index (χ1n) is 8.58. The average molecular weight is 451 g/mol. The SMILES string of the molecule is CCNC(=NCc1ccco1)NCCCOCC1CCOCC1.I. The normalized spacial score (nSPS) is 15.8. The lowest BCUT2D eigenvalue weighted by Crippen LogP contribution is -2.38. The maximum atomic E-state index is 5.76. The lowest BCUT2D eigenvalue weighted by molar-refractivity contribution is 0.0203. The molecule has 0 aliphatic carbocycles. The van der Waals surface area contributed by atoms with Gasteiger partial charge in [0.15, 0.2) is 5.96 Å². The van der Waals surface area contributed by atoms with Crippen LogP contribution in [0.2, 0.25) is 0 Å². The number of aliphatic imine (C=N–C) groups is 1. The standard InChI is InChI=1S/C17H29N3O3.HI/c1-2-18-17(20-13-16-5-3-10-23-16)19-8-4-9-22-14-15-6-11-21-12-7-15;/h3,5,10,15H,2,4,6-9,11-14H2,1H3,(H2,18,19,20);1H. The van der Waals surface area contributed by atoms with Gasteiger partial charge >= 0.3 is 0 Å². The molecule has 2 N–H and O–H groups in total. The zero-order valence-corrected chi connectivity index (χ0v) is 16.8. The monoisotopic (exact) mass is 451 g/mol. The Morgan fingerprint density at radius 3 is 2.88 bits per heavy atom. The molecule has 6 nitrogen and oxygen atoms in total. The van der Waals surface area contributed by atoms with E-state index >= 15 is 0 Å². The van der Waals surface area contributed by atoms with Gasteiger partial charge in [0.2, 0.25) is 0 Å². The van der Waals surface area contributed by atoms with Crippen molar-refractivity contribution in [2.75, 3.05) is 39.5 Å². The van der Waals surface area contributed by atoms with Crippen LogP contribution in [0.15, 0.2) is 27.8 Å². The van der Waals surface area contributed by atoms with Gasteiger partial charge in [0.1, 0.15) is 12.3 Å². The predicted molar refractivity (Wildman–Crippen MR) is 106 cm³/mol. The molecule has 2 rings (SSSR count). The number of rotatable bonds is 9. The maximum Gasteiger partial charge on any atom is 0.191 e. The van der Waals surface area contributed by atoms with Crippen molar-refractivity contribution in [3.63, 3.8) is 0 Å². The molecule has 7 heteroatoms. The Bertz CT molecular complexity index is 434. The molecular formula is C17H30IN3O3. The van der Waals surface area contributed by atoms with Crippen molar-refractivity contribution >= 4 is 29.9 Å². The molecule has 138 valence electrons. The van der Waals surface area contributed by atoms with Gasteiger partial charge in [-0.25, -0.2) is 4.99 Å². The van der Waals surface area contributed by atoms with E-state index in [0.29, 0.717) is 12.5 Å². The summed E-state index contributed by atoms with van der Waals surface area (Å²) < 4.78 is 16.4. The third-order valence-electron chi connectivity index (χ3n) is 3.77.